The van der Waals surface area contributed by atoms with E-state index in [4.69, 9.17) is 17.7 Å². The van der Waals surface area contributed by atoms with Gasteiger partial charge in [0, 0.05) is 6.08 Å². The van der Waals surface area contributed by atoms with Crippen molar-refractivity contribution in [2.24, 2.45) is 0 Å². The molecule has 0 N–H and O–H groups in total. The van der Waals surface area contributed by atoms with E-state index >= 15 is 0 Å². The summed E-state index contributed by atoms with van der Waals surface area (Å²) in [7, 11) is -3.90. The van der Waals surface area contributed by atoms with Crippen molar-refractivity contribution in [3.8, 4) is 0 Å². The van der Waals surface area contributed by atoms with Crippen molar-refractivity contribution < 1.29 is 22.5 Å². The Hall–Kier alpha value is -3.07. The molecule has 0 aromatic heterocycles. The fraction of sp³-hybridized carbons (Fsp3) is 0.300. The monoisotopic (exact) mass is 516 g/mol. The molecular weight excluding hydrogens is 482 g/mol. The Balaban J connectivity index is 1.65. The molecule has 3 fully saturated rings. The summed E-state index contributed by atoms with van der Waals surface area (Å²) in [6.07, 6.45) is 0.333. The van der Waals surface area contributed by atoms with Crippen molar-refractivity contribution in [3.63, 3.8) is 0 Å². The van der Waals surface area contributed by atoms with Crippen LogP contribution in [0.5, 0.6) is 0 Å². The zero-order chi connectivity index (χ0) is 26.0. The molecule has 192 valence electrons. The average molecular weight is 517 g/mol. The van der Waals surface area contributed by atoms with E-state index < -0.39 is 27.2 Å². The first-order valence-corrected chi connectivity index (χ1v) is 14.3. The molecule has 6 nitrogen and oxygen atoms in total. The summed E-state index contributed by atoms with van der Waals surface area (Å²) in [6, 6.07) is 25.2. The van der Waals surface area contributed by atoms with E-state index in [1.54, 1.807) is 0 Å². The van der Waals surface area contributed by atoms with Crippen molar-refractivity contribution in [2.75, 3.05) is 26.2 Å². The summed E-state index contributed by atoms with van der Waals surface area (Å²) < 4.78 is 26.1. The standard InChI is InChI=1S/C30H34NO5Si/c1-5-30(32)36-37-33-19-18-31(27-16-10-24(4)11-17-27,20-28(34-37)25-12-6-22(2)7-13-25)21-29(35-37)26-14-8-23(3)9-15-26/h5-17,28-29H,1,18-21H2,2-4H3/q+1. The lowest BCUT2D eigenvalue weighted by atomic mass is 10.0. The third kappa shape index (κ3) is 5.46. The SMILES string of the molecule is C=CC(=O)O[Si]12OCC[N+](c3ccc(C)cc3)(CC(c3ccc(C)cc3)O1)CC(c1ccc(C)cc1)O2. The fourth-order valence-electron chi connectivity index (χ4n) is 5.11. The topological polar surface area (TPSA) is 54.0 Å². The molecule has 37 heavy (non-hydrogen) atoms. The molecule has 7 heteroatoms. The third-order valence-electron chi connectivity index (χ3n) is 7.27. The molecule has 3 aliphatic rings. The molecule has 2 bridgehead atoms. The molecule has 0 amide bonds. The predicted molar refractivity (Wildman–Crippen MR) is 146 cm³/mol. The van der Waals surface area contributed by atoms with Crippen LogP contribution in [0.25, 0.3) is 0 Å². The lowest BCUT2D eigenvalue weighted by Gasteiger charge is -2.48. The van der Waals surface area contributed by atoms with E-state index in [-0.39, 0.29) is 0 Å². The van der Waals surface area contributed by atoms with Crippen LogP contribution >= 0.6 is 0 Å². The maximum Gasteiger partial charge on any atom is 0.753 e. The minimum Gasteiger partial charge on any atom is -0.449 e. The summed E-state index contributed by atoms with van der Waals surface area (Å²) in [4.78, 5) is 12.5. The quantitative estimate of drug-likeness (QED) is 0.249. The third-order valence-corrected chi connectivity index (χ3v) is 9.43. The van der Waals surface area contributed by atoms with Crippen LogP contribution in [0.3, 0.4) is 0 Å². The van der Waals surface area contributed by atoms with E-state index in [0.717, 1.165) is 28.3 Å². The number of nitrogens with zero attached hydrogens (tertiary/aromatic N) is 1. The number of rotatable bonds is 5. The Morgan fingerprint density at radius 2 is 1.30 bits per heavy atom. The average Bonchev–Trinajstić information content (AvgIpc) is 2.86. The van der Waals surface area contributed by atoms with Gasteiger partial charge in [-0.25, -0.2) is 4.79 Å². The molecule has 3 aromatic carbocycles. The van der Waals surface area contributed by atoms with Gasteiger partial charge < -0.3 is 17.7 Å². The molecule has 0 saturated carbocycles. The van der Waals surface area contributed by atoms with Gasteiger partial charge in [-0.2, -0.15) is 0 Å². The molecule has 6 rings (SSSR count). The zero-order valence-electron chi connectivity index (χ0n) is 21.7. The number of benzene rings is 3. The Morgan fingerprint density at radius 1 is 0.838 bits per heavy atom. The molecule has 3 aliphatic heterocycles. The first kappa shape index (κ1) is 25.6. The van der Waals surface area contributed by atoms with Gasteiger partial charge in [-0.15, -0.1) is 0 Å². The highest BCUT2D eigenvalue weighted by molar-refractivity contribution is 6.56. The normalized spacial score (nSPS) is 27.5. The second kappa shape index (κ2) is 10.4. The molecule has 3 heterocycles. The smallest absolute Gasteiger partial charge is 0.449 e. The molecule has 0 spiro atoms. The van der Waals surface area contributed by atoms with Crippen molar-refractivity contribution in [1.29, 1.82) is 0 Å². The maximum atomic E-state index is 12.5. The fourth-order valence-corrected chi connectivity index (χ4v) is 7.24. The number of fused-ring (bicyclic) bond motifs is 6. The second-order valence-corrected chi connectivity index (χ2v) is 12.0. The predicted octanol–water partition coefficient (Wildman–Crippen LogP) is 5.64. The van der Waals surface area contributed by atoms with Crippen LogP contribution in [0.4, 0.5) is 5.69 Å². The maximum absolute atomic E-state index is 12.5. The zero-order valence-corrected chi connectivity index (χ0v) is 22.7. The molecule has 0 aliphatic carbocycles. The van der Waals surface area contributed by atoms with E-state index in [1.165, 1.54) is 11.3 Å². The number of aryl methyl sites for hydroxylation is 3. The summed E-state index contributed by atoms with van der Waals surface area (Å²) in [5.41, 5.74) is 6.70. The van der Waals surface area contributed by atoms with Gasteiger partial charge in [0.15, 0.2) is 0 Å². The highest BCUT2D eigenvalue weighted by Crippen LogP contribution is 2.41. The number of quaternary nitrogens is 1. The first-order valence-electron chi connectivity index (χ1n) is 12.7. The van der Waals surface area contributed by atoms with Crippen molar-refractivity contribution in [1.82, 2.24) is 4.48 Å². The molecule has 0 radical (unpaired) electrons. The number of carbonyl (C=O) groups excluding carboxylic acids is 1. The summed E-state index contributed by atoms with van der Waals surface area (Å²) >= 11 is 0. The second-order valence-electron chi connectivity index (χ2n) is 10.1. The molecular formula is C30H34NO5Si+. The van der Waals surface area contributed by atoms with Gasteiger partial charge in [-0.1, -0.05) is 83.9 Å². The van der Waals surface area contributed by atoms with Gasteiger partial charge in [-0.3, -0.25) is 4.48 Å². The van der Waals surface area contributed by atoms with Gasteiger partial charge in [-0.05, 0) is 44.0 Å². The Morgan fingerprint density at radius 3 is 1.76 bits per heavy atom. The van der Waals surface area contributed by atoms with Crippen molar-refractivity contribution in [3.05, 3.63) is 113 Å². The van der Waals surface area contributed by atoms with E-state index in [1.807, 2.05) is 0 Å². The molecule has 3 aromatic rings. The number of hydrogen-bond acceptors (Lipinski definition) is 5. The van der Waals surface area contributed by atoms with E-state index in [2.05, 4.69) is 100 Å². The van der Waals surface area contributed by atoms with Gasteiger partial charge in [0.05, 0.1) is 6.61 Å². The Labute approximate surface area is 220 Å². The Kier molecular flexibility index (Phi) is 7.16. The van der Waals surface area contributed by atoms with Crippen LogP contribution in [0, 0.1) is 20.8 Å². The molecule has 2 unspecified atom stereocenters. The Bertz CT molecular complexity index is 1200. The van der Waals surface area contributed by atoms with Crippen LogP contribution in [-0.2, 0) is 22.5 Å². The van der Waals surface area contributed by atoms with Crippen LogP contribution in [-0.4, -0.2) is 41.3 Å². The highest BCUT2D eigenvalue weighted by atomic mass is 28.4. The van der Waals surface area contributed by atoms with Crippen LogP contribution in [0.2, 0.25) is 0 Å². The number of hydrogen-bond donors (Lipinski definition) is 0. The van der Waals surface area contributed by atoms with Crippen molar-refractivity contribution >= 4 is 20.7 Å². The summed E-state index contributed by atoms with van der Waals surface area (Å²) in [5, 5.41) is 0. The van der Waals surface area contributed by atoms with Crippen LogP contribution < -0.4 is 4.48 Å². The minimum absolute atomic E-state index is 0.339. The molecule has 3 saturated heterocycles. The lowest BCUT2D eigenvalue weighted by Crippen LogP contribution is -2.66. The van der Waals surface area contributed by atoms with Gasteiger partial charge >= 0.3 is 15.0 Å². The largest absolute Gasteiger partial charge is 0.753 e. The van der Waals surface area contributed by atoms with Crippen molar-refractivity contribution in [2.45, 2.75) is 33.0 Å². The number of carbonyl (C=O) groups is 1. The summed E-state index contributed by atoms with van der Waals surface area (Å²) in [5.74, 6) is -0.614. The van der Waals surface area contributed by atoms with Crippen LogP contribution in [0.1, 0.15) is 40.0 Å². The van der Waals surface area contributed by atoms with Gasteiger partial charge in [0.2, 0.25) is 0 Å². The van der Waals surface area contributed by atoms with E-state index in [0.29, 0.717) is 30.7 Å². The van der Waals surface area contributed by atoms with Crippen LogP contribution in [0.15, 0.2) is 85.5 Å². The molecule has 2 atom stereocenters. The van der Waals surface area contributed by atoms with E-state index in [9.17, 15) is 4.79 Å². The lowest BCUT2D eigenvalue weighted by molar-refractivity contribution is -0.152. The summed E-state index contributed by atoms with van der Waals surface area (Å²) in [6.45, 7) is 12.1. The first-order chi connectivity index (χ1) is 17.8. The minimum atomic E-state index is -3.90. The van der Waals surface area contributed by atoms with Gasteiger partial charge in [0.1, 0.15) is 37.5 Å². The van der Waals surface area contributed by atoms with Gasteiger partial charge in [0.25, 0.3) is 0 Å². The highest BCUT2D eigenvalue weighted by Gasteiger charge is 2.60.